The average Bonchev–Trinajstić information content (AvgIpc) is 2.34. The molecule has 0 bridgehead atoms. The van der Waals surface area contributed by atoms with Crippen molar-refractivity contribution in [2.24, 2.45) is 5.73 Å². The SMILES string of the molecule is NCc1ccc(NC(=O)NCCCC(F)(F)F)cc1. The number of carbonyl (C=O) groups is 1. The summed E-state index contributed by atoms with van der Waals surface area (Å²) in [5.74, 6) is 0. The lowest BCUT2D eigenvalue weighted by atomic mass is 10.2. The molecule has 1 rings (SSSR count). The van der Waals surface area contributed by atoms with Gasteiger partial charge in [0.1, 0.15) is 0 Å². The Morgan fingerprint density at radius 2 is 1.84 bits per heavy atom. The maximum atomic E-state index is 11.9. The van der Waals surface area contributed by atoms with Crippen LogP contribution in [0, 0.1) is 0 Å². The van der Waals surface area contributed by atoms with Crippen molar-refractivity contribution in [3.63, 3.8) is 0 Å². The summed E-state index contributed by atoms with van der Waals surface area (Å²) >= 11 is 0. The van der Waals surface area contributed by atoms with Crippen LogP contribution in [0.3, 0.4) is 0 Å². The number of amides is 2. The van der Waals surface area contributed by atoms with Gasteiger partial charge in [0.2, 0.25) is 0 Å². The zero-order chi connectivity index (χ0) is 14.3. The van der Waals surface area contributed by atoms with Gasteiger partial charge >= 0.3 is 12.2 Å². The van der Waals surface area contributed by atoms with Crippen molar-refractivity contribution in [2.75, 3.05) is 11.9 Å². The second-order valence-corrected chi connectivity index (χ2v) is 4.00. The third-order valence-corrected chi connectivity index (χ3v) is 2.37. The molecule has 19 heavy (non-hydrogen) atoms. The lowest BCUT2D eigenvalue weighted by molar-refractivity contribution is -0.135. The Labute approximate surface area is 109 Å². The van der Waals surface area contributed by atoms with Gasteiger partial charge in [-0.2, -0.15) is 13.2 Å². The molecule has 0 saturated carbocycles. The molecule has 0 aliphatic heterocycles. The number of hydrogen-bond donors (Lipinski definition) is 3. The molecule has 0 radical (unpaired) electrons. The summed E-state index contributed by atoms with van der Waals surface area (Å²) in [4.78, 5) is 11.4. The first-order valence-corrected chi connectivity index (χ1v) is 5.81. The molecule has 1 aromatic rings. The maximum Gasteiger partial charge on any atom is 0.389 e. The molecular formula is C12H16F3N3O. The number of benzene rings is 1. The van der Waals surface area contributed by atoms with Crippen molar-refractivity contribution in [2.45, 2.75) is 25.6 Å². The van der Waals surface area contributed by atoms with Crippen LogP contribution in [0.2, 0.25) is 0 Å². The molecule has 0 spiro atoms. The first kappa shape index (κ1) is 15.3. The number of rotatable bonds is 5. The normalized spacial score (nSPS) is 11.2. The second kappa shape index (κ2) is 6.98. The van der Waals surface area contributed by atoms with Crippen molar-refractivity contribution in [3.8, 4) is 0 Å². The Balaban J connectivity index is 2.27. The highest BCUT2D eigenvalue weighted by Gasteiger charge is 2.25. The number of carbonyl (C=O) groups excluding carboxylic acids is 1. The van der Waals surface area contributed by atoms with E-state index >= 15 is 0 Å². The Kier molecular flexibility index (Phi) is 5.62. The van der Waals surface area contributed by atoms with Gasteiger partial charge in [-0.05, 0) is 24.1 Å². The number of hydrogen-bond acceptors (Lipinski definition) is 2. The molecule has 0 heterocycles. The zero-order valence-electron chi connectivity index (χ0n) is 10.3. The van der Waals surface area contributed by atoms with Gasteiger partial charge < -0.3 is 16.4 Å². The largest absolute Gasteiger partial charge is 0.389 e. The predicted octanol–water partition coefficient (Wildman–Crippen LogP) is 2.61. The molecule has 0 aliphatic rings. The Bertz CT molecular complexity index is 404. The van der Waals surface area contributed by atoms with Crippen molar-refractivity contribution in [1.29, 1.82) is 0 Å². The molecule has 0 aromatic heterocycles. The van der Waals surface area contributed by atoms with E-state index in [0.29, 0.717) is 12.2 Å². The van der Waals surface area contributed by atoms with Gasteiger partial charge in [-0.15, -0.1) is 0 Å². The topological polar surface area (TPSA) is 67.1 Å². The highest BCUT2D eigenvalue weighted by atomic mass is 19.4. The minimum Gasteiger partial charge on any atom is -0.338 e. The monoisotopic (exact) mass is 275 g/mol. The number of halogens is 3. The van der Waals surface area contributed by atoms with Gasteiger partial charge in [-0.25, -0.2) is 4.79 Å². The van der Waals surface area contributed by atoms with Crippen LogP contribution in [0.1, 0.15) is 18.4 Å². The van der Waals surface area contributed by atoms with Crippen LogP contribution in [0.5, 0.6) is 0 Å². The summed E-state index contributed by atoms with van der Waals surface area (Å²) < 4.78 is 35.6. The molecule has 4 nitrogen and oxygen atoms in total. The van der Waals surface area contributed by atoms with E-state index in [1.54, 1.807) is 24.3 Å². The summed E-state index contributed by atoms with van der Waals surface area (Å²) in [7, 11) is 0. The minimum absolute atomic E-state index is 0.0216. The van der Waals surface area contributed by atoms with Crippen molar-refractivity contribution in [3.05, 3.63) is 29.8 Å². The number of alkyl halides is 3. The first-order chi connectivity index (χ1) is 8.90. The van der Waals surface area contributed by atoms with Crippen LogP contribution >= 0.6 is 0 Å². The molecule has 2 amide bonds. The molecule has 7 heteroatoms. The third-order valence-electron chi connectivity index (χ3n) is 2.37. The van der Waals surface area contributed by atoms with Gasteiger partial charge in [0.25, 0.3) is 0 Å². The van der Waals surface area contributed by atoms with Crippen molar-refractivity contribution < 1.29 is 18.0 Å². The second-order valence-electron chi connectivity index (χ2n) is 4.00. The quantitative estimate of drug-likeness (QED) is 0.723. The van der Waals surface area contributed by atoms with Crippen LogP contribution < -0.4 is 16.4 Å². The molecular weight excluding hydrogens is 259 g/mol. The highest BCUT2D eigenvalue weighted by Crippen LogP contribution is 2.20. The zero-order valence-corrected chi connectivity index (χ0v) is 10.3. The van der Waals surface area contributed by atoms with E-state index < -0.39 is 18.6 Å². The fourth-order valence-corrected chi connectivity index (χ4v) is 1.39. The summed E-state index contributed by atoms with van der Waals surface area (Å²) in [5.41, 5.74) is 6.91. The van der Waals surface area contributed by atoms with E-state index in [0.717, 1.165) is 5.56 Å². The van der Waals surface area contributed by atoms with Crippen LogP contribution in [0.25, 0.3) is 0 Å². The lowest BCUT2D eigenvalue weighted by Crippen LogP contribution is -2.30. The Hall–Kier alpha value is -1.76. The fourth-order valence-electron chi connectivity index (χ4n) is 1.39. The van der Waals surface area contributed by atoms with E-state index in [1.807, 2.05) is 0 Å². The van der Waals surface area contributed by atoms with E-state index in [2.05, 4.69) is 10.6 Å². The fraction of sp³-hybridized carbons (Fsp3) is 0.417. The van der Waals surface area contributed by atoms with Gasteiger partial charge in [0, 0.05) is 25.2 Å². The highest BCUT2D eigenvalue weighted by molar-refractivity contribution is 5.89. The van der Waals surface area contributed by atoms with Crippen molar-refractivity contribution in [1.82, 2.24) is 5.32 Å². The predicted molar refractivity (Wildman–Crippen MR) is 66.6 cm³/mol. The van der Waals surface area contributed by atoms with Crippen molar-refractivity contribution >= 4 is 11.7 Å². The van der Waals surface area contributed by atoms with E-state index in [-0.39, 0.29) is 13.0 Å². The number of nitrogens with two attached hydrogens (primary N) is 1. The van der Waals surface area contributed by atoms with Gasteiger partial charge in [-0.1, -0.05) is 12.1 Å². The molecule has 0 atom stereocenters. The smallest absolute Gasteiger partial charge is 0.338 e. The number of nitrogens with one attached hydrogen (secondary N) is 2. The molecule has 0 unspecified atom stereocenters. The van der Waals surface area contributed by atoms with Gasteiger partial charge in [0.15, 0.2) is 0 Å². The Morgan fingerprint density at radius 1 is 1.21 bits per heavy atom. The van der Waals surface area contributed by atoms with Gasteiger partial charge in [0.05, 0.1) is 0 Å². The average molecular weight is 275 g/mol. The Morgan fingerprint density at radius 3 is 2.37 bits per heavy atom. The van der Waals surface area contributed by atoms with Gasteiger partial charge in [-0.3, -0.25) is 0 Å². The minimum atomic E-state index is -4.18. The molecule has 0 saturated heterocycles. The number of urea groups is 1. The van der Waals surface area contributed by atoms with Crippen LogP contribution in [0.4, 0.5) is 23.7 Å². The van der Waals surface area contributed by atoms with Crippen LogP contribution in [-0.4, -0.2) is 18.8 Å². The molecule has 4 N–H and O–H groups in total. The molecule has 1 aromatic carbocycles. The summed E-state index contributed by atoms with van der Waals surface area (Å²) in [6.45, 7) is 0.385. The molecule has 0 fully saturated rings. The summed E-state index contributed by atoms with van der Waals surface area (Å²) in [5, 5.41) is 4.88. The third kappa shape index (κ3) is 6.66. The van der Waals surface area contributed by atoms with Crippen LogP contribution in [0.15, 0.2) is 24.3 Å². The van der Waals surface area contributed by atoms with E-state index in [4.69, 9.17) is 5.73 Å². The number of anilines is 1. The molecule has 0 aliphatic carbocycles. The summed E-state index contributed by atoms with van der Waals surface area (Å²) in [6, 6.07) is 6.36. The van der Waals surface area contributed by atoms with Crippen LogP contribution in [-0.2, 0) is 6.54 Å². The first-order valence-electron chi connectivity index (χ1n) is 5.81. The maximum absolute atomic E-state index is 11.9. The molecule has 106 valence electrons. The summed E-state index contributed by atoms with van der Waals surface area (Å²) in [6.07, 6.45) is -5.22. The van der Waals surface area contributed by atoms with E-state index in [9.17, 15) is 18.0 Å². The standard InChI is InChI=1S/C12H16F3N3O/c13-12(14,15)6-1-7-17-11(19)18-10-4-2-9(8-16)3-5-10/h2-5H,1,6-8,16H2,(H2,17,18,19). The van der Waals surface area contributed by atoms with E-state index in [1.165, 1.54) is 0 Å². The lowest BCUT2D eigenvalue weighted by Gasteiger charge is -2.09.